The zero-order valence-corrected chi connectivity index (χ0v) is 18.0. The molecule has 0 aliphatic rings. The van der Waals surface area contributed by atoms with E-state index in [1.807, 2.05) is 6.92 Å². The maximum absolute atomic E-state index is 12.4. The highest BCUT2D eigenvalue weighted by atomic mass is 79.9. The molecule has 7 nitrogen and oxygen atoms in total. The lowest BCUT2D eigenvalue weighted by Gasteiger charge is -2.13. The number of nitrogens with one attached hydrogen (secondary N) is 1. The first-order valence-corrected chi connectivity index (χ1v) is 9.73. The molecule has 0 aliphatic heterocycles. The molecule has 0 saturated heterocycles. The number of methoxy groups -OCH3 is 1. The van der Waals surface area contributed by atoms with Crippen LogP contribution < -0.4 is 14.8 Å². The van der Waals surface area contributed by atoms with Gasteiger partial charge in [0.1, 0.15) is 0 Å². The van der Waals surface area contributed by atoms with Crippen molar-refractivity contribution in [2.24, 2.45) is 0 Å². The molecule has 1 N–H and O–H groups in total. The molecule has 0 bridgehead atoms. The van der Waals surface area contributed by atoms with Gasteiger partial charge in [0.25, 0.3) is 0 Å². The van der Waals surface area contributed by atoms with E-state index in [0.29, 0.717) is 33.8 Å². The van der Waals surface area contributed by atoms with Gasteiger partial charge in [-0.25, -0.2) is 4.79 Å². The van der Waals surface area contributed by atoms with E-state index in [0.717, 1.165) is 6.42 Å². The minimum atomic E-state index is -0.658. The van der Waals surface area contributed by atoms with Crippen molar-refractivity contribution in [3.63, 3.8) is 0 Å². The number of carbonyl (C=O) groups is 3. The fraction of sp³-hybridized carbons (Fsp3) is 0.286. The Labute approximate surface area is 177 Å². The number of ketones is 1. The summed E-state index contributed by atoms with van der Waals surface area (Å²) >= 11 is 3.37. The Morgan fingerprint density at radius 2 is 1.76 bits per heavy atom. The van der Waals surface area contributed by atoms with Crippen molar-refractivity contribution in [3.05, 3.63) is 52.0 Å². The minimum Gasteiger partial charge on any atom is -0.493 e. The quantitative estimate of drug-likeness (QED) is 0.441. The first-order chi connectivity index (χ1) is 13.8. The number of halogens is 1. The SMILES string of the molecule is CCCOc1c(Br)cc(C(=O)OCC(=O)c2ccc(NC(C)=O)cc2)cc1OC. The topological polar surface area (TPSA) is 90.9 Å². The smallest absolute Gasteiger partial charge is 0.338 e. The first-order valence-electron chi connectivity index (χ1n) is 8.94. The Hall–Kier alpha value is -2.87. The average molecular weight is 464 g/mol. The summed E-state index contributed by atoms with van der Waals surface area (Å²) < 4.78 is 16.6. The lowest BCUT2D eigenvalue weighted by atomic mass is 10.1. The van der Waals surface area contributed by atoms with Crippen LogP contribution in [-0.2, 0) is 9.53 Å². The van der Waals surface area contributed by atoms with Crippen LogP contribution in [0.1, 0.15) is 41.0 Å². The molecule has 0 radical (unpaired) electrons. The summed E-state index contributed by atoms with van der Waals surface area (Å²) in [6.45, 7) is 3.48. The van der Waals surface area contributed by atoms with Crippen molar-refractivity contribution in [3.8, 4) is 11.5 Å². The molecular formula is C21H22BrNO6. The molecule has 154 valence electrons. The van der Waals surface area contributed by atoms with Crippen LogP contribution in [0.3, 0.4) is 0 Å². The Balaban J connectivity index is 2.03. The largest absolute Gasteiger partial charge is 0.493 e. The number of hydrogen-bond acceptors (Lipinski definition) is 6. The van der Waals surface area contributed by atoms with E-state index in [-0.39, 0.29) is 17.3 Å². The van der Waals surface area contributed by atoms with Gasteiger partial charge in [-0.15, -0.1) is 0 Å². The second kappa shape index (κ2) is 10.6. The number of anilines is 1. The van der Waals surface area contributed by atoms with E-state index in [1.54, 1.807) is 30.3 Å². The van der Waals surface area contributed by atoms with Crippen molar-refractivity contribution in [2.45, 2.75) is 20.3 Å². The van der Waals surface area contributed by atoms with Gasteiger partial charge < -0.3 is 19.5 Å². The van der Waals surface area contributed by atoms with Crippen LogP contribution in [0.25, 0.3) is 0 Å². The zero-order valence-electron chi connectivity index (χ0n) is 16.4. The number of Topliss-reactive ketones (excluding diaryl/α,β-unsaturated/α-hetero) is 1. The molecule has 0 atom stereocenters. The van der Waals surface area contributed by atoms with Crippen LogP contribution in [0.4, 0.5) is 5.69 Å². The molecule has 0 spiro atoms. The van der Waals surface area contributed by atoms with Crippen LogP contribution in [-0.4, -0.2) is 38.0 Å². The monoisotopic (exact) mass is 463 g/mol. The van der Waals surface area contributed by atoms with Gasteiger partial charge >= 0.3 is 5.97 Å². The zero-order chi connectivity index (χ0) is 21.4. The lowest BCUT2D eigenvalue weighted by molar-refractivity contribution is -0.114. The lowest BCUT2D eigenvalue weighted by Crippen LogP contribution is -2.15. The van der Waals surface area contributed by atoms with E-state index in [2.05, 4.69) is 21.2 Å². The first kappa shape index (κ1) is 22.4. The Kier molecular flexibility index (Phi) is 8.21. The molecule has 29 heavy (non-hydrogen) atoms. The molecular weight excluding hydrogens is 442 g/mol. The van der Waals surface area contributed by atoms with Gasteiger partial charge in [0, 0.05) is 18.2 Å². The summed E-state index contributed by atoms with van der Waals surface area (Å²) in [5.74, 6) is -0.331. The fourth-order valence-electron chi connectivity index (χ4n) is 2.42. The highest BCUT2D eigenvalue weighted by molar-refractivity contribution is 9.10. The van der Waals surface area contributed by atoms with E-state index in [4.69, 9.17) is 14.2 Å². The number of benzene rings is 2. The molecule has 0 heterocycles. The predicted octanol–water partition coefficient (Wildman–Crippen LogP) is 4.24. The highest BCUT2D eigenvalue weighted by Crippen LogP contribution is 2.37. The summed E-state index contributed by atoms with van der Waals surface area (Å²) in [4.78, 5) is 35.7. The maximum Gasteiger partial charge on any atom is 0.338 e. The van der Waals surface area contributed by atoms with Gasteiger partial charge in [0.15, 0.2) is 23.9 Å². The number of amides is 1. The van der Waals surface area contributed by atoms with E-state index in [9.17, 15) is 14.4 Å². The van der Waals surface area contributed by atoms with Gasteiger partial charge in [0.05, 0.1) is 23.8 Å². The van der Waals surface area contributed by atoms with Gasteiger partial charge in [-0.05, 0) is 58.7 Å². The molecule has 2 aromatic carbocycles. The molecule has 0 saturated carbocycles. The van der Waals surface area contributed by atoms with Crippen LogP contribution >= 0.6 is 15.9 Å². The number of hydrogen-bond donors (Lipinski definition) is 1. The second-order valence-corrected chi connectivity index (χ2v) is 6.95. The third-order valence-corrected chi connectivity index (χ3v) is 4.37. The molecule has 2 rings (SSSR count). The Morgan fingerprint density at radius 1 is 1.07 bits per heavy atom. The summed E-state index contributed by atoms with van der Waals surface area (Å²) in [5, 5.41) is 2.61. The molecule has 2 aromatic rings. The molecule has 0 fully saturated rings. The Morgan fingerprint density at radius 3 is 2.34 bits per heavy atom. The van der Waals surface area contributed by atoms with Crippen LogP contribution in [0.2, 0.25) is 0 Å². The third-order valence-electron chi connectivity index (χ3n) is 3.78. The van der Waals surface area contributed by atoms with E-state index in [1.165, 1.54) is 20.1 Å². The number of carbonyl (C=O) groups excluding carboxylic acids is 3. The van der Waals surface area contributed by atoms with Crippen LogP contribution in [0.5, 0.6) is 11.5 Å². The average Bonchev–Trinajstić information content (AvgIpc) is 2.70. The van der Waals surface area contributed by atoms with Crippen molar-refractivity contribution >= 4 is 39.3 Å². The summed E-state index contributed by atoms with van der Waals surface area (Å²) in [7, 11) is 1.48. The van der Waals surface area contributed by atoms with Gasteiger partial charge in [-0.3, -0.25) is 9.59 Å². The maximum atomic E-state index is 12.4. The minimum absolute atomic E-state index is 0.203. The molecule has 0 aromatic heterocycles. The molecule has 1 amide bonds. The van der Waals surface area contributed by atoms with Crippen molar-refractivity contribution in [1.82, 2.24) is 0 Å². The van der Waals surface area contributed by atoms with Crippen molar-refractivity contribution in [2.75, 3.05) is 25.6 Å². The predicted molar refractivity (Wildman–Crippen MR) is 112 cm³/mol. The van der Waals surface area contributed by atoms with Crippen molar-refractivity contribution in [1.29, 1.82) is 0 Å². The van der Waals surface area contributed by atoms with Gasteiger partial charge in [-0.2, -0.15) is 0 Å². The molecule has 0 aliphatic carbocycles. The third kappa shape index (κ3) is 6.32. The van der Waals surface area contributed by atoms with Gasteiger partial charge in [-0.1, -0.05) is 6.92 Å². The molecule has 0 unspecified atom stereocenters. The molecule has 8 heteroatoms. The fourth-order valence-corrected chi connectivity index (χ4v) is 2.98. The number of ether oxygens (including phenoxy) is 3. The van der Waals surface area contributed by atoms with E-state index >= 15 is 0 Å². The van der Waals surface area contributed by atoms with Crippen LogP contribution in [0, 0.1) is 0 Å². The highest BCUT2D eigenvalue weighted by Gasteiger charge is 2.18. The second-order valence-electron chi connectivity index (χ2n) is 6.10. The summed E-state index contributed by atoms with van der Waals surface area (Å²) in [5.41, 5.74) is 1.17. The number of esters is 1. The Bertz CT molecular complexity index is 895. The summed E-state index contributed by atoms with van der Waals surface area (Å²) in [6.07, 6.45) is 0.827. The van der Waals surface area contributed by atoms with Crippen molar-refractivity contribution < 1.29 is 28.6 Å². The van der Waals surface area contributed by atoms with Gasteiger partial charge in [0.2, 0.25) is 5.91 Å². The summed E-state index contributed by atoms with van der Waals surface area (Å²) in [6, 6.07) is 9.39. The number of rotatable bonds is 9. The standard InChI is InChI=1S/C21H22BrNO6/c1-4-9-28-20-17(22)10-15(11-19(20)27-3)21(26)29-12-18(25)14-5-7-16(8-6-14)23-13(2)24/h5-8,10-11H,4,9,12H2,1-3H3,(H,23,24). The van der Waals surface area contributed by atoms with E-state index < -0.39 is 12.6 Å². The van der Waals surface area contributed by atoms with Crippen LogP contribution in [0.15, 0.2) is 40.9 Å². The normalized spacial score (nSPS) is 10.2.